The Kier molecular flexibility index (Phi) is 51.2. The molecule has 0 aromatic rings. The minimum Gasteiger partial charge on any atom is -0.465 e. The molecule has 7 nitrogen and oxygen atoms in total. The van der Waals surface area contributed by atoms with Gasteiger partial charge in [-0.05, 0) is 56.7 Å². The lowest BCUT2D eigenvalue weighted by Crippen LogP contribution is -2.37. The molecule has 0 saturated heterocycles. The molecule has 0 saturated carbocycles. The molecule has 3 unspecified atom stereocenters. The Morgan fingerprint density at radius 1 is 0.472 bits per heavy atom. The fourth-order valence-electron chi connectivity index (χ4n) is 9.41. The van der Waals surface area contributed by atoms with Crippen LogP contribution in [0.2, 0.25) is 0 Å². The molecule has 3 atom stereocenters. The van der Waals surface area contributed by atoms with E-state index in [1.54, 1.807) is 0 Å². The Labute approximate surface area is 475 Å². The highest BCUT2D eigenvalue weighted by atomic mass is 32.1. The van der Waals surface area contributed by atoms with E-state index in [1.807, 2.05) is 0 Å². The van der Waals surface area contributed by atoms with Gasteiger partial charge in [0, 0.05) is 29.3 Å². The van der Waals surface area contributed by atoms with Gasteiger partial charge in [0.05, 0.1) is 19.6 Å². The summed E-state index contributed by atoms with van der Waals surface area (Å²) in [6.45, 7) is 5.34. The van der Waals surface area contributed by atoms with Gasteiger partial charge in [-0.3, -0.25) is 14.4 Å². The summed E-state index contributed by atoms with van der Waals surface area (Å²) in [5.74, 6) is 1.68. The highest BCUT2D eigenvalue weighted by molar-refractivity contribution is 7.86. The molecule has 0 aliphatic carbocycles. The normalized spacial score (nSPS) is 13.5. The Morgan fingerprint density at radius 3 is 1.14 bits per heavy atom. The molecule has 0 spiro atoms. The molecule has 13 heteroatoms. The lowest BCUT2D eigenvalue weighted by atomic mass is 9.86. The van der Waals surface area contributed by atoms with Crippen LogP contribution in [0.3, 0.4) is 0 Å². The lowest BCUT2D eigenvalue weighted by molar-refractivity contribution is -0.147. The fourth-order valence-corrected chi connectivity index (χ4v) is 10.9. The van der Waals surface area contributed by atoms with E-state index in [0.29, 0.717) is 62.4 Å². The van der Waals surface area contributed by atoms with Crippen LogP contribution < -0.4 is 0 Å². The third-order valence-electron chi connectivity index (χ3n) is 14.3. The molecule has 0 rings (SSSR count). The van der Waals surface area contributed by atoms with Gasteiger partial charge in [0.15, 0.2) is 5.05 Å². The van der Waals surface area contributed by atoms with E-state index < -0.39 is 15.5 Å². The van der Waals surface area contributed by atoms with Crippen molar-refractivity contribution in [2.45, 2.75) is 299 Å². The quantitative estimate of drug-likeness (QED) is 0.0103. The Bertz CT molecular complexity index is 1380. The number of rotatable bonds is 54. The maximum absolute atomic E-state index is 13.3. The molecule has 0 aliphatic heterocycles. The van der Waals surface area contributed by atoms with Crippen molar-refractivity contribution in [3.05, 3.63) is 5.57 Å². The van der Waals surface area contributed by atoms with E-state index >= 15 is 0 Å². The van der Waals surface area contributed by atoms with Crippen molar-refractivity contribution >= 4 is 104 Å². The van der Waals surface area contributed by atoms with Crippen molar-refractivity contribution < 1.29 is 33.4 Å². The topological polar surface area (TPSA) is 96.0 Å². The van der Waals surface area contributed by atoms with E-state index in [1.165, 1.54) is 173 Å². The molecule has 0 N–H and O–H groups in total. The summed E-state index contributed by atoms with van der Waals surface area (Å²) in [5, 5.41) is 0.0419. The first kappa shape index (κ1) is 71.7. The summed E-state index contributed by atoms with van der Waals surface area (Å²) in [4.78, 5) is 50.9. The van der Waals surface area contributed by atoms with Crippen LogP contribution in [0, 0.1) is 5.92 Å². The Morgan fingerprint density at radius 2 is 0.792 bits per heavy atom. The zero-order valence-corrected chi connectivity index (χ0v) is 51.3. The van der Waals surface area contributed by atoms with Crippen LogP contribution in [0.15, 0.2) is 5.57 Å². The van der Waals surface area contributed by atoms with Crippen LogP contribution in [0.5, 0.6) is 0 Å². The predicted octanol–water partition coefficient (Wildman–Crippen LogP) is 18.3. The van der Waals surface area contributed by atoms with Crippen LogP contribution in [-0.4, -0.2) is 68.9 Å². The van der Waals surface area contributed by atoms with E-state index in [4.69, 9.17) is 51.7 Å². The summed E-state index contributed by atoms with van der Waals surface area (Å²) in [6, 6.07) is 0. The molecule has 0 aromatic heterocycles. The SMILES string of the molecule is CCCCCCCCCCCCCCCCCCOC(=O)C(S)(CS)CCCCCCC(CCCC(S)(CS)C(=O)OCCCCCCCCCCCCCCCCCC)C(=C=O)CC(=S)OC(=O)CCS. The highest BCUT2D eigenvalue weighted by Crippen LogP contribution is 2.32. The van der Waals surface area contributed by atoms with Crippen LogP contribution in [-0.2, 0) is 33.4 Å². The van der Waals surface area contributed by atoms with Crippen molar-refractivity contribution in [2.24, 2.45) is 5.92 Å². The average Bonchev–Trinajstić information content (AvgIpc) is 3.37. The van der Waals surface area contributed by atoms with Gasteiger partial charge in [0.25, 0.3) is 0 Å². The van der Waals surface area contributed by atoms with E-state index in [0.717, 1.165) is 57.8 Å². The molecule has 0 aromatic carbocycles. The Hall–Kier alpha value is -0.300. The molecule has 72 heavy (non-hydrogen) atoms. The first-order valence-corrected chi connectivity index (χ1v) is 32.8. The van der Waals surface area contributed by atoms with Crippen LogP contribution in [0.25, 0.3) is 0 Å². The van der Waals surface area contributed by atoms with Gasteiger partial charge >= 0.3 is 17.9 Å². The highest BCUT2D eigenvalue weighted by Gasteiger charge is 2.36. The average molecular weight is 1120 g/mol. The first-order valence-electron chi connectivity index (χ1n) is 29.6. The van der Waals surface area contributed by atoms with E-state index in [9.17, 15) is 19.2 Å². The van der Waals surface area contributed by atoms with Crippen molar-refractivity contribution in [3.8, 4) is 0 Å². The summed E-state index contributed by atoms with van der Waals surface area (Å²) in [6.07, 6.45) is 47.8. The maximum atomic E-state index is 13.3. The molecule has 422 valence electrons. The molecule has 0 radical (unpaired) electrons. The van der Waals surface area contributed by atoms with Gasteiger partial charge in [0.2, 0.25) is 0 Å². The number of carbonyl (C=O) groups excluding carboxylic acids is 4. The van der Waals surface area contributed by atoms with Gasteiger partial charge < -0.3 is 14.2 Å². The second-order valence-electron chi connectivity index (χ2n) is 20.9. The molecular formula is C59H108O7S6. The minimum absolute atomic E-state index is 0.0351. The number of thiol groups is 5. The summed E-state index contributed by atoms with van der Waals surface area (Å²) < 4.78 is 14.7. The summed E-state index contributed by atoms with van der Waals surface area (Å²) in [5.41, 5.74) is 0.455. The number of esters is 3. The van der Waals surface area contributed by atoms with Gasteiger partial charge in [-0.15, -0.1) is 0 Å². The zero-order chi connectivity index (χ0) is 53.2. The third kappa shape index (κ3) is 40.9. The van der Waals surface area contributed by atoms with E-state index in [2.05, 4.69) is 57.7 Å². The molecule has 0 fully saturated rings. The monoisotopic (exact) mass is 1120 g/mol. The molecule has 0 bridgehead atoms. The van der Waals surface area contributed by atoms with Crippen LogP contribution in [0.1, 0.15) is 290 Å². The predicted molar refractivity (Wildman–Crippen MR) is 328 cm³/mol. The standard InChI is InChI=1S/C59H108O7S6/c1-3-5-7-9-11-13-15-17-19-21-23-25-27-29-33-37-45-64-56(62)58(71,50-68)43-36-32-31-35-40-52(53(49-60)48-55(70)66-54(61)42-47-67)41-39-44-59(72,51-69)57(63)65-46-38-34-30-28-26-24-22-20-18-16-14-12-10-8-6-4-2/h52,67-69,71-72H,3-48,50-51H2,1-2H3. The number of hydrogen-bond donors (Lipinski definition) is 5. The second kappa shape index (κ2) is 51.5. The summed E-state index contributed by atoms with van der Waals surface area (Å²) >= 11 is 28.0. The van der Waals surface area contributed by atoms with Crippen LogP contribution in [0.4, 0.5) is 0 Å². The third-order valence-corrected chi connectivity index (χ3v) is 17.4. The second-order valence-corrected chi connectivity index (χ2v) is 24.2. The smallest absolute Gasteiger partial charge is 0.322 e. The molecular weight excluding hydrogens is 1010 g/mol. The van der Waals surface area contributed by atoms with Gasteiger partial charge in [0.1, 0.15) is 15.4 Å². The molecule has 0 amide bonds. The maximum Gasteiger partial charge on any atom is 0.322 e. The number of carbonyl (C=O) groups is 3. The van der Waals surface area contributed by atoms with Crippen LogP contribution >= 0.6 is 75.4 Å². The zero-order valence-electron chi connectivity index (χ0n) is 46.0. The number of thiocarbonyl (C=S) groups is 1. The number of hydrogen-bond acceptors (Lipinski definition) is 13. The Balaban J connectivity index is 4.71. The van der Waals surface area contributed by atoms with Gasteiger partial charge in [-0.25, -0.2) is 4.79 Å². The first-order chi connectivity index (χ1) is 35.0. The molecule has 0 aliphatic rings. The van der Waals surface area contributed by atoms with Crippen molar-refractivity contribution in [1.29, 1.82) is 0 Å². The fraction of sp³-hybridized carbons (Fsp3) is 0.898. The van der Waals surface area contributed by atoms with Gasteiger partial charge in [-0.2, -0.15) is 63.1 Å². The van der Waals surface area contributed by atoms with Crippen molar-refractivity contribution in [2.75, 3.05) is 30.5 Å². The number of ether oxygens (including phenoxy) is 3. The van der Waals surface area contributed by atoms with Crippen molar-refractivity contribution in [3.63, 3.8) is 0 Å². The largest absolute Gasteiger partial charge is 0.465 e. The summed E-state index contributed by atoms with van der Waals surface area (Å²) in [7, 11) is 0. The van der Waals surface area contributed by atoms with E-state index in [-0.39, 0.29) is 41.5 Å². The number of unbranched alkanes of at least 4 members (excludes halogenated alkanes) is 33. The van der Waals surface area contributed by atoms with Crippen molar-refractivity contribution in [1.82, 2.24) is 0 Å². The lowest BCUT2D eigenvalue weighted by Gasteiger charge is -2.26. The minimum atomic E-state index is -1.05. The molecule has 0 heterocycles. The van der Waals surface area contributed by atoms with Gasteiger partial charge in [-0.1, -0.05) is 239 Å².